The first-order valence-corrected chi connectivity index (χ1v) is 22.2. The molecule has 11 aromatic carbocycles. The van der Waals surface area contributed by atoms with Crippen molar-refractivity contribution < 1.29 is 0 Å². The van der Waals surface area contributed by atoms with Crippen molar-refractivity contribution in [3.8, 4) is 44.5 Å². The topological polar surface area (TPSA) is 0 Å². The quantitative estimate of drug-likeness (QED) is 0.156. The zero-order chi connectivity index (χ0) is 39.3. The highest BCUT2D eigenvalue weighted by Gasteiger charge is 2.22. The molecule has 0 bridgehead atoms. The molecule has 0 radical (unpaired) electrons. The summed E-state index contributed by atoms with van der Waals surface area (Å²) in [6, 6.07) is 76.8. The van der Waals surface area contributed by atoms with Gasteiger partial charge in [-0.2, -0.15) is 0 Å². The van der Waals surface area contributed by atoms with Gasteiger partial charge in [-0.1, -0.05) is 188 Å². The first kappa shape index (κ1) is 33.8. The minimum Gasteiger partial charge on any atom is -0.135 e. The molecule has 0 N–H and O–H groups in total. The predicted octanol–water partition coefficient (Wildman–Crippen LogP) is 17.7. The first-order valence-electron chi connectivity index (χ1n) is 20.6. The minimum absolute atomic E-state index is 1.24. The second kappa shape index (κ2) is 13.2. The summed E-state index contributed by atoms with van der Waals surface area (Å²) in [6.07, 6.45) is 0. The summed E-state index contributed by atoms with van der Waals surface area (Å²) in [7, 11) is 0. The molecule has 60 heavy (non-hydrogen) atoms. The molecular formula is C58H34S2. The van der Waals surface area contributed by atoms with Crippen molar-refractivity contribution >= 4 is 106 Å². The van der Waals surface area contributed by atoms with Gasteiger partial charge in [0.05, 0.1) is 0 Å². The van der Waals surface area contributed by atoms with Crippen LogP contribution in [0.15, 0.2) is 206 Å². The Morgan fingerprint density at radius 3 is 1.30 bits per heavy atom. The van der Waals surface area contributed by atoms with Gasteiger partial charge in [0.25, 0.3) is 0 Å². The molecule has 0 unspecified atom stereocenters. The van der Waals surface area contributed by atoms with Gasteiger partial charge in [0.2, 0.25) is 0 Å². The third-order valence-electron chi connectivity index (χ3n) is 12.7. The molecule has 0 amide bonds. The maximum absolute atomic E-state index is 2.46. The fourth-order valence-corrected chi connectivity index (χ4v) is 12.6. The number of benzene rings is 11. The molecule has 13 aromatic rings. The van der Waals surface area contributed by atoms with Crippen LogP contribution < -0.4 is 0 Å². The molecule has 0 fully saturated rings. The number of hydrogen-bond acceptors (Lipinski definition) is 2. The third-order valence-corrected chi connectivity index (χ3v) is 15.0. The van der Waals surface area contributed by atoms with E-state index in [4.69, 9.17) is 0 Å². The molecule has 0 atom stereocenters. The molecule has 2 heterocycles. The van der Waals surface area contributed by atoms with Crippen LogP contribution in [0, 0.1) is 0 Å². The third kappa shape index (κ3) is 4.90. The molecule has 0 saturated carbocycles. The average molecular weight is 795 g/mol. The van der Waals surface area contributed by atoms with Crippen LogP contribution in [0.5, 0.6) is 0 Å². The number of hydrogen-bond donors (Lipinski definition) is 0. The Hall–Kier alpha value is -7.10. The maximum Gasteiger partial charge on any atom is 0.0434 e. The Balaban J connectivity index is 1.06. The van der Waals surface area contributed by atoms with Crippen molar-refractivity contribution in [2.45, 2.75) is 0 Å². The van der Waals surface area contributed by atoms with Crippen molar-refractivity contribution in [3.05, 3.63) is 206 Å². The lowest BCUT2D eigenvalue weighted by Gasteiger charge is -2.18. The van der Waals surface area contributed by atoms with Gasteiger partial charge >= 0.3 is 0 Å². The van der Waals surface area contributed by atoms with Gasteiger partial charge < -0.3 is 0 Å². The number of thiophene rings is 2. The SMILES string of the molecule is c1ccc(-c2c3ccccc3c(-c3cccc4c3sc3cc(-c5c6ccccc6c(-c6cccc7sc8ccccc8c67)c6ccccc56)ccc34)c3ccccc23)cc1. The molecule has 0 nitrogen and oxygen atoms in total. The van der Waals surface area contributed by atoms with Gasteiger partial charge in [0.1, 0.15) is 0 Å². The zero-order valence-corrected chi connectivity index (χ0v) is 34.1. The lowest BCUT2D eigenvalue weighted by atomic mass is 9.85. The van der Waals surface area contributed by atoms with E-state index in [0.29, 0.717) is 0 Å². The van der Waals surface area contributed by atoms with Crippen molar-refractivity contribution in [2.75, 3.05) is 0 Å². The maximum atomic E-state index is 2.46. The van der Waals surface area contributed by atoms with Crippen molar-refractivity contribution in [3.63, 3.8) is 0 Å². The summed E-state index contributed by atoms with van der Waals surface area (Å²) < 4.78 is 5.29. The molecule has 2 aromatic heterocycles. The van der Waals surface area contributed by atoms with Crippen molar-refractivity contribution in [1.82, 2.24) is 0 Å². The summed E-state index contributed by atoms with van der Waals surface area (Å²) >= 11 is 3.81. The first-order chi connectivity index (χ1) is 29.8. The Morgan fingerprint density at radius 2 is 0.683 bits per heavy atom. The Labute approximate surface area is 354 Å². The fraction of sp³-hybridized carbons (Fsp3) is 0. The largest absolute Gasteiger partial charge is 0.135 e. The monoisotopic (exact) mass is 794 g/mol. The summed E-state index contributed by atoms with van der Waals surface area (Å²) in [5.74, 6) is 0. The zero-order valence-electron chi connectivity index (χ0n) is 32.4. The summed E-state index contributed by atoms with van der Waals surface area (Å²) in [5, 5.41) is 15.5. The molecule has 0 aliphatic heterocycles. The van der Waals surface area contributed by atoms with E-state index in [9.17, 15) is 0 Å². The summed E-state index contributed by atoms with van der Waals surface area (Å²) in [4.78, 5) is 0. The van der Waals surface area contributed by atoms with Gasteiger partial charge in [-0.15, -0.1) is 22.7 Å². The van der Waals surface area contributed by atoms with E-state index >= 15 is 0 Å². The molecule has 278 valence electrons. The van der Waals surface area contributed by atoms with Gasteiger partial charge in [-0.25, -0.2) is 0 Å². The van der Waals surface area contributed by atoms with Crippen LogP contribution >= 0.6 is 22.7 Å². The van der Waals surface area contributed by atoms with Crippen LogP contribution in [0.25, 0.3) is 128 Å². The van der Waals surface area contributed by atoms with Crippen LogP contribution in [0.2, 0.25) is 0 Å². The fourth-order valence-electron chi connectivity index (χ4n) is 10.2. The smallest absolute Gasteiger partial charge is 0.0434 e. The van der Waals surface area contributed by atoms with Crippen molar-refractivity contribution in [1.29, 1.82) is 0 Å². The van der Waals surface area contributed by atoms with Crippen molar-refractivity contribution in [2.24, 2.45) is 0 Å². The van der Waals surface area contributed by atoms with Gasteiger partial charge in [0, 0.05) is 45.9 Å². The normalized spacial score (nSPS) is 12.0. The highest BCUT2D eigenvalue weighted by molar-refractivity contribution is 7.26. The van der Waals surface area contributed by atoms with E-state index in [1.165, 1.54) is 128 Å². The van der Waals surface area contributed by atoms with E-state index < -0.39 is 0 Å². The van der Waals surface area contributed by atoms with Crippen LogP contribution in [0.4, 0.5) is 0 Å². The molecule has 0 spiro atoms. The molecule has 13 rings (SSSR count). The second-order valence-electron chi connectivity index (χ2n) is 15.8. The molecule has 0 aliphatic rings. The lowest BCUT2D eigenvalue weighted by Crippen LogP contribution is -1.91. The number of rotatable bonds is 4. The number of fused-ring (bicyclic) bond motifs is 10. The van der Waals surface area contributed by atoms with Crippen LogP contribution in [0.3, 0.4) is 0 Å². The van der Waals surface area contributed by atoms with E-state index in [1.54, 1.807) is 0 Å². The minimum atomic E-state index is 1.24. The highest BCUT2D eigenvalue weighted by atomic mass is 32.1. The Kier molecular flexibility index (Phi) is 7.45. The molecular weight excluding hydrogens is 761 g/mol. The van der Waals surface area contributed by atoms with Gasteiger partial charge in [0.15, 0.2) is 0 Å². The van der Waals surface area contributed by atoms with Gasteiger partial charge in [-0.3, -0.25) is 0 Å². The second-order valence-corrected chi connectivity index (χ2v) is 18.0. The van der Waals surface area contributed by atoms with E-state index in [0.717, 1.165) is 0 Å². The average Bonchev–Trinajstić information content (AvgIpc) is 3.89. The predicted molar refractivity (Wildman–Crippen MR) is 264 cm³/mol. The molecule has 0 saturated heterocycles. The van der Waals surface area contributed by atoms with Gasteiger partial charge in [-0.05, 0) is 100 Å². The van der Waals surface area contributed by atoms with E-state index in [2.05, 4.69) is 206 Å². The Bertz CT molecular complexity index is 3770. The Morgan fingerprint density at radius 1 is 0.233 bits per heavy atom. The summed E-state index contributed by atoms with van der Waals surface area (Å²) in [5.41, 5.74) is 10.3. The summed E-state index contributed by atoms with van der Waals surface area (Å²) in [6.45, 7) is 0. The van der Waals surface area contributed by atoms with Crippen LogP contribution in [-0.2, 0) is 0 Å². The molecule has 2 heteroatoms. The standard InChI is InChI=1S/C58H34S2/c1-2-16-35(17-3-1)53-38-18-4-10-24-44(38)56(45-25-11-5-19-39(45)53)49-29-14-27-46-37-33-32-36(34-52(37)60-58(46)49)54-40-20-6-8-22-42(40)55(43-23-9-7-21-41(43)54)48-28-15-31-51-57(48)47-26-12-13-30-50(47)59-51/h1-34H. The lowest BCUT2D eigenvalue weighted by molar-refractivity contribution is 1.67. The molecule has 0 aliphatic carbocycles. The van der Waals surface area contributed by atoms with E-state index in [-0.39, 0.29) is 0 Å². The highest BCUT2D eigenvalue weighted by Crippen LogP contribution is 2.51. The van der Waals surface area contributed by atoms with Crippen LogP contribution in [0.1, 0.15) is 0 Å². The van der Waals surface area contributed by atoms with Crippen LogP contribution in [-0.4, -0.2) is 0 Å². The van der Waals surface area contributed by atoms with E-state index in [1.807, 2.05) is 22.7 Å².